The summed E-state index contributed by atoms with van der Waals surface area (Å²) in [5.74, 6) is 0.124. The van der Waals surface area contributed by atoms with Crippen LogP contribution < -0.4 is 5.32 Å². The van der Waals surface area contributed by atoms with Crippen LogP contribution in [0.15, 0.2) is 35.2 Å². The number of anilines is 1. The molecule has 0 amide bonds. The highest BCUT2D eigenvalue weighted by atomic mass is 35.5. The van der Waals surface area contributed by atoms with E-state index in [-0.39, 0.29) is 11.8 Å². The quantitative estimate of drug-likeness (QED) is 0.902. The first-order valence-corrected chi connectivity index (χ1v) is 9.72. The average molecular weight is 342 g/mol. The molecule has 0 aliphatic heterocycles. The highest BCUT2D eigenvalue weighted by molar-refractivity contribution is 7.91. The van der Waals surface area contributed by atoms with E-state index in [9.17, 15) is 8.42 Å². The van der Waals surface area contributed by atoms with Gasteiger partial charge in [-0.05, 0) is 48.7 Å². The van der Waals surface area contributed by atoms with Gasteiger partial charge in [0.25, 0.3) is 0 Å². The van der Waals surface area contributed by atoms with E-state index in [0.29, 0.717) is 4.90 Å². The maximum Gasteiger partial charge on any atom is 0.178 e. The molecule has 112 valence electrons. The largest absolute Gasteiger partial charge is 0.378 e. The summed E-state index contributed by atoms with van der Waals surface area (Å²) in [7, 11) is -3.13. The molecule has 1 aliphatic rings. The Morgan fingerprint density at radius 3 is 2.71 bits per heavy atom. The van der Waals surface area contributed by atoms with Gasteiger partial charge in [0, 0.05) is 10.6 Å². The van der Waals surface area contributed by atoms with Crippen molar-refractivity contribution in [3.63, 3.8) is 0 Å². The molecule has 3 rings (SSSR count). The number of hydrogen-bond acceptors (Lipinski definition) is 4. The van der Waals surface area contributed by atoms with E-state index < -0.39 is 9.84 Å². The van der Waals surface area contributed by atoms with Crippen LogP contribution >= 0.6 is 22.9 Å². The minimum Gasteiger partial charge on any atom is -0.378 e. The third-order valence-corrected chi connectivity index (χ3v) is 6.87. The molecule has 1 aromatic heterocycles. The summed E-state index contributed by atoms with van der Waals surface area (Å²) in [5, 5.41) is 3.46. The van der Waals surface area contributed by atoms with Crippen LogP contribution in [0.25, 0.3) is 0 Å². The molecule has 3 nitrogen and oxygen atoms in total. The van der Waals surface area contributed by atoms with Crippen LogP contribution in [0.5, 0.6) is 0 Å². The SMILES string of the molecule is CCS(=O)(=O)c1ccc(NC2CCc3sc(Cl)cc32)cc1. The maximum atomic E-state index is 11.8. The minimum absolute atomic E-state index is 0.124. The lowest BCUT2D eigenvalue weighted by Gasteiger charge is -2.15. The molecule has 0 bridgehead atoms. The van der Waals surface area contributed by atoms with Crippen molar-refractivity contribution < 1.29 is 8.42 Å². The molecule has 0 saturated heterocycles. The standard InChI is InChI=1S/C15H16ClNO2S2/c1-2-21(18,19)11-5-3-10(4-6-11)17-13-7-8-14-12(13)9-15(16)20-14/h3-6,9,13,17H,2,7-8H2,1H3. The number of hydrogen-bond donors (Lipinski definition) is 1. The summed E-state index contributed by atoms with van der Waals surface area (Å²) in [4.78, 5) is 1.73. The zero-order valence-corrected chi connectivity index (χ0v) is 14.0. The third kappa shape index (κ3) is 2.96. The number of sulfone groups is 1. The fourth-order valence-electron chi connectivity index (χ4n) is 2.61. The Labute approximate surface area is 133 Å². The van der Waals surface area contributed by atoms with E-state index in [4.69, 9.17) is 11.6 Å². The molecule has 2 aromatic rings. The Morgan fingerprint density at radius 1 is 1.33 bits per heavy atom. The maximum absolute atomic E-state index is 11.8. The summed E-state index contributed by atoms with van der Waals surface area (Å²) in [6.45, 7) is 1.65. The molecule has 1 unspecified atom stereocenters. The van der Waals surface area contributed by atoms with Crippen molar-refractivity contribution >= 4 is 38.5 Å². The lowest BCUT2D eigenvalue weighted by Crippen LogP contribution is -2.07. The lowest BCUT2D eigenvalue weighted by molar-refractivity contribution is 0.597. The monoisotopic (exact) mass is 341 g/mol. The molecule has 1 heterocycles. The molecule has 0 fully saturated rings. The van der Waals surface area contributed by atoms with E-state index in [1.807, 2.05) is 18.2 Å². The summed E-state index contributed by atoms with van der Waals surface area (Å²) in [6.07, 6.45) is 2.10. The van der Waals surface area contributed by atoms with Gasteiger partial charge in [0.1, 0.15) is 0 Å². The molecule has 21 heavy (non-hydrogen) atoms. The van der Waals surface area contributed by atoms with Crippen molar-refractivity contribution in [3.8, 4) is 0 Å². The van der Waals surface area contributed by atoms with Crippen molar-refractivity contribution in [1.29, 1.82) is 0 Å². The predicted molar refractivity (Wildman–Crippen MR) is 88.2 cm³/mol. The van der Waals surface area contributed by atoms with Crippen molar-refractivity contribution in [2.24, 2.45) is 0 Å². The molecule has 6 heteroatoms. The van der Waals surface area contributed by atoms with Gasteiger partial charge in [0.05, 0.1) is 21.0 Å². The summed E-state index contributed by atoms with van der Waals surface area (Å²) in [5.41, 5.74) is 2.21. The Hall–Kier alpha value is -1.04. The van der Waals surface area contributed by atoms with Crippen LogP contribution in [-0.4, -0.2) is 14.2 Å². The number of thiophene rings is 1. The van der Waals surface area contributed by atoms with Gasteiger partial charge in [-0.1, -0.05) is 18.5 Å². The van der Waals surface area contributed by atoms with Crippen LogP contribution in [0.1, 0.15) is 29.8 Å². The van der Waals surface area contributed by atoms with E-state index in [1.54, 1.807) is 30.4 Å². The Bertz CT molecular complexity index is 750. The Morgan fingerprint density at radius 2 is 2.05 bits per heavy atom. The minimum atomic E-state index is -3.13. The van der Waals surface area contributed by atoms with Crippen LogP contribution in [-0.2, 0) is 16.3 Å². The summed E-state index contributed by atoms with van der Waals surface area (Å²) >= 11 is 7.70. The van der Waals surface area contributed by atoms with Crippen molar-refractivity contribution in [3.05, 3.63) is 45.1 Å². The second-order valence-corrected chi connectivity index (χ2v) is 9.14. The predicted octanol–water partition coefficient (Wildman–Crippen LogP) is 4.29. The van der Waals surface area contributed by atoms with Gasteiger partial charge in [-0.25, -0.2) is 8.42 Å². The fraction of sp³-hybridized carbons (Fsp3) is 0.333. The van der Waals surface area contributed by atoms with Gasteiger partial charge >= 0.3 is 0 Å². The van der Waals surface area contributed by atoms with Crippen LogP contribution in [0.2, 0.25) is 4.34 Å². The molecule has 1 aromatic carbocycles. The van der Waals surface area contributed by atoms with Gasteiger partial charge < -0.3 is 5.32 Å². The van der Waals surface area contributed by atoms with Crippen LogP contribution in [0.3, 0.4) is 0 Å². The van der Waals surface area contributed by atoms with E-state index in [1.165, 1.54) is 10.4 Å². The number of rotatable bonds is 4. The molecule has 1 N–H and O–H groups in total. The molecule has 1 aliphatic carbocycles. The first-order valence-electron chi connectivity index (χ1n) is 6.87. The highest BCUT2D eigenvalue weighted by Crippen LogP contribution is 2.40. The average Bonchev–Trinajstić information content (AvgIpc) is 3.00. The zero-order valence-electron chi connectivity index (χ0n) is 11.6. The van der Waals surface area contributed by atoms with Crippen molar-refractivity contribution in [1.82, 2.24) is 0 Å². The molecule has 0 radical (unpaired) electrons. The van der Waals surface area contributed by atoms with Gasteiger partial charge in [-0.3, -0.25) is 0 Å². The van der Waals surface area contributed by atoms with Gasteiger partial charge in [-0.2, -0.15) is 0 Å². The summed E-state index contributed by atoms with van der Waals surface area (Å²) < 4.78 is 24.4. The molecule has 0 saturated carbocycles. The van der Waals surface area contributed by atoms with Crippen molar-refractivity contribution in [2.75, 3.05) is 11.1 Å². The molecular weight excluding hydrogens is 326 g/mol. The van der Waals surface area contributed by atoms with E-state index in [2.05, 4.69) is 5.32 Å². The Balaban J connectivity index is 1.78. The van der Waals surface area contributed by atoms with E-state index >= 15 is 0 Å². The zero-order chi connectivity index (χ0) is 15.0. The second kappa shape index (κ2) is 5.63. The fourth-order valence-corrected chi connectivity index (χ4v) is 4.85. The van der Waals surface area contributed by atoms with Crippen molar-refractivity contribution in [2.45, 2.75) is 30.7 Å². The Kier molecular flexibility index (Phi) is 3.99. The van der Waals surface area contributed by atoms with Gasteiger partial charge in [0.15, 0.2) is 9.84 Å². The number of fused-ring (bicyclic) bond motifs is 1. The second-order valence-electron chi connectivity index (χ2n) is 5.09. The third-order valence-electron chi connectivity index (χ3n) is 3.78. The number of nitrogens with one attached hydrogen (secondary N) is 1. The summed E-state index contributed by atoms with van der Waals surface area (Å²) in [6, 6.07) is 9.28. The molecular formula is C15H16ClNO2S2. The smallest absolute Gasteiger partial charge is 0.178 e. The number of benzene rings is 1. The van der Waals surface area contributed by atoms with Gasteiger partial charge in [-0.15, -0.1) is 11.3 Å². The number of aryl methyl sites for hydroxylation is 1. The lowest BCUT2D eigenvalue weighted by atomic mass is 10.1. The normalized spacial score (nSPS) is 17.7. The van der Waals surface area contributed by atoms with E-state index in [0.717, 1.165) is 22.9 Å². The molecule has 0 spiro atoms. The first kappa shape index (κ1) is 14.9. The van der Waals surface area contributed by atoms with Crippen LogP contribution in [0, 0.1) is 0 Å². The topological polar surface area (TPSA) is 46.2 Å². The first-order chi connectivity index (χ1) is 9.99. The van der Waals surface area contributed by atoms with Gasteiger partial charge in [0.2, 0.25) is 0 Å². The molecule has 1 atom stereocenters. The highest BCUT2D eigenvalue weighted by Gasteiger charge is 2.25. The number of halogens is 1. The van der Waals surface area contributed by atoms with Crippen LogP contribution in [0.4, 0.5) is 5.69 Å².